The van der Waals surface area contributed by atoms with Gasteiger partial charge >= 0.3 is 0 Å². The maximum Gasteiger partial charge on any atom is 0.0746 e. The molecule has 1 atom stereocenters. The number of nitrogens with one attached hydrogen (secondary N) is 1. The molecule has 0 radical (unpaired) electrons. The molecule has 0 saturated carbocycles. The molecule has 1 saturated heterocycles. The van der Waals surface area contributed by atoms with Crippen LogP contribution < -0.4 is 5.32 Å². The van der Waals surface area contributed by atoms with Gasteiger partial charge in [-0.15, -0.1) is 0 Å². The number of fused-ring (bicyclic) bond motifs is 1. The first-order valence-electron chi connectivity index (χ1n) is 7.61. The third-order valence-corrected chi connectivity index (χ3v) is 4.13. The second-order valence-corrected chi connectivity index (χ2v) is 5.77. The average molecular weight is 269 g/mol. The Morgan fingerprint density at radius 2 is 2.15 bits per heavy atom. The molecule has 1 fully saturated rings. The van der Waals surface area contributed by atoms with Crippen LogP contribution in [0.3, 0.4) is 0 Å². The smallest absolute Gasteiger partial charge is 0.0746 e. The first kappa shape index (κ1) is 13.5. The highest BCUT2D eigenvalue weighted by atomic mass is 15.1. The second kappa shape index (κ2) is 6.33. The monoisotopic (exact) mass is 269 g/mol. The molecule has 0 amide bonds. The van der Waals surface area contributed by atoms with Crippen LogP contribution in [0.2, 0.25) is 0 Å². The van der Waals surface area contributed by atoms with Crippen molar-refractivity contribution in [2.75, 3.05) is 19.6 Å². The molecule has 0 aliphatic carbocycles. The summed E-state index contributed by atoms with van der Waals surface area (Å²) in [6.07, 6.45) is 4.34. The summed E-state index contributed by atoms with van der Waals surface area (Å²) in [5.41, 5.74) is 2.51. The molecule has 1 aliphatic rings. The zero-order valence-electron chi connectivity index (χ0n) is 12.2. The Morgan fingerprint density at radius 1 is 1.25 bits per heavy atom. The zero-order valence-corrected chi connectivity index (χ0v) is 12.2. The van der Waals surface area contributed by atoms with E-state index < -0.39 is 0 Å². The van der Waals surface area contributed by atoms with Crippen molar-refractivity contribution in [3.05, 3.63) is 42.1 Å². The maximum absolute atomic E-state index is 4.56. The minimum atomic E-state index is 0.628. The van der Waals surface area contributed by atoms with Gasteiger partial charge in [-0.3, -0.25) is 9.88 Å². The lowest BCUT2D eigenvalue weighted by Crippen LogP contribution is -2.38. The van der Waals surface area contributed by atoms with Gasteiger partial charge in [0.15, 0.2) is 0 Å². The molecule has 1 unspecified atom stereocenters. The molecule has 2 aromatic rings. The summed E-state index contributed by atoms with van der Waals surface area (Å²) in [7, 11) is 0. The number of rotatable bonds is 2. The molecule has 3 nitrogen and oxygen atoms in total. The summed E-state index contributed by atoms with van der Waals surface area (Å²) in [6.45, 7) is 6.76. The molecule has 2 heterocycles. The molecule has 1 aliphatic heterocycles. The summed E-state index contributed by atoms with van der Waals surface area (Å²) < 4.78 is 0. The van der Waals surface area contributed by atoms with E-state index in [1.54, 1.807) is 0 Å². The highest BCUT2D eigenvalue weighted by Crippen LogP contribution is 2.18. The van der Waals surface area contributed by atoms with Gasteiger partial charge in [0, 0.05) is 24.2 Å². The van der Waals surface area contributed by atoms with Crippen molar-refractivity contribution >= 4 is 10.9 Å². The first-order chi connectivity index (χ1) is 9.83. The van der Waals surface area contributed by atoms with Crippen molar-refractivity contribution in [2.45, 2.75) is 32.4 Å². The van der Waals surface area contributed by atoms with Crippen molar-refractivity contribution < 1.29 is 0 Å². The van der Waals surface area contributed by atoms with Gasteiger partial charge in [-0.2, -0.15) is 0 Å². The van der Waals surface area contributed by atoms with Crippen LogP contribution in [0.1, 0.15) is 25.3 Å². The fourth-order valence-electron chi connectivity index (χ4n) is 2.94. The summed E-state index contributed by atoms with van der Waals surface area (Å²) in [6, 6.07) is 11.3. The molecular weight excluding hydrogens is 246 g/mol. The van der Waals surface area contributed by atoms with Crippen LogP contribution >= 0.6 is 0 Å². The molecule has 3 heteroatoms. The summed E-state index contributed by atoms with van der Waals surface area (Å²) in [4.78, 5) is 7.13. The highest BCUT2D eigenvalue weighted by Gasteiger charge is 2.13. The quantitative estimate of drug-likeness (QED) is 0.908. The van der Waals surface area contributed by atoms with E-state index in [1.807, 2.05) is 12.3 Å². The van der Waals surface area contributed by atoms with E-state index in [2.05, 4.69) is 46.4 Å². The number of pyridine rings is 1. The van der Waals surface area contributed by atoms with Crippen LogP contribution in [-0.2, 0) is 6.54 Å². The normalized spacial score (nSPS) is 21.6. The molecule has 3 rings (SSSR count). The largest absolute Gasteiger partial charge is 0.314 e. The lowest BCUT2D eigenvalue weighted by atomic mass is 10.1. The van der Waals surface area contributed by atoms with Crippen LogP contribution in [0.25, 0.3) is 10.9 Å². The Hall–Kier alpha value is -1.45. The van der Waals surface area contributed by atoms with E-state index in [4.69, 9.17) is 0 Å². The fraction of sp³-hybridized carbons (Fsp3) is 0.471. The molecule has 106 valence electrons. The molecule has 1 aromatic carbocycles. The van der Waals surface area contributed by atoms with Crippen LogP contribution in [-0.4, -0.2) is 35.6 Å². The predicted molar refractivity (Wildman–Crippen MR) is 83.7 cm³/mol. The van der Waals surface area contributed by atoms with E-state index in [-0.39, 0.29) is 0 Å². The molecule has 1 aromatic heterocycles. The van der Waals surface area contributed by atoms with Crippen LogP contribution in [0.4, 0.5) is 0 Å². The summed E-state index contributed by atoms with van der Waals surface area (Å²) in [5, 5.41) is 4.80. The molecule has 20 heavy (non-hydrogen) atoms. The number of para-hydroxylation sites is 1. The van der Waals surface area contributed by atoms with Crippen molar-refractivity contribution in [3.8, 4) is 0 Å². The Kier molecular flexibility index (Phi) is 4.28. The first-order valence-corrected chi connectivity index (χ1v) is 7.61. The number of benzene rings is 1. The Morgan fingerprint density at radius 3 is 3.10 bits per heavy atom. The Balaban J connectivity index is 1.78. The van der Waals surface area contributed by atoms with Gasteiger partial charge in [-0.25, -0.2) is 0 Å². The van der Waals surface area contributed by atoms with Crippen LogP contribution in [0, 0.1) is 0 Å². The lowest BCUT2D eigenvalue weighted by molar-refractivity contribution is 0.230. The minimum Gasteiger partial charge on any atom is -0.314 e. The Labute approximate surface area is 121 Å². The van der Waals surface area contributed by atoms with Gasteiger partial charge in [0.2, 0.25) is 0 Å². The number of hydrogen-bond donors (Lipinski definition) is 1. The fourth-order valence-corrected chi connectivity index (χ4v) is 2.94. The van der Waals surface area contributed by atoms with Crippen molar-refractivity contribution in [3.63, 3.8) is 0 Å². The van der Waals surface area contributed by atoms with Gasteiger partial charge in [0.25, 0.3) is 0 Å². The average Bonchev–Trinajstić information content (AvgIpc) is 2.47. The van der Waals surface area contributed by atoms with Gasteiger partial charge in [-0.05, 0) is 51.0 Å². The SMILES string of the molecule is CC1CCN(Cc2cccc3cccnc23)CCCN1. The van der Waals surface area contributed by atoms with E-state index in [0.717, 1.165) is 25.2 Å². The Bertz CT molecular complexity index is 562. The van der Waals surface area contributed by atoms with Gasteiger partial charge in [-0.1, -0.05) is 24.3 Å². The molecular formula is C17H23N3. The van der Waals surface area contributed by atoms with Crippen LogP contribution in [0.5, 0.6) is 0 Å². The maximum atomic E-state index is 4.56. The standard InChI is InChI=1S/C17H23N3/c1-14-8-12-20(11-4-10-18-14)13-16-6-2-5-15-7-3-9-19-17(15)16/h2-3,5-7,9,14,18H,4,8,10-13H2,1H3. The number of aromatic nitrogens is 1. The predicted octanol–water partition coefficient (Wildman–Crippen LogP) is 2.81. The van der Waals surface area contributed by atoms with Gasteiger partial charge in [0.05, 0.1) is 5.52 Å². The third-order valence-electron chi connectivity index (χ3n) is 4.13. The van der Waals surface area contributed by atoms with Gasteiger partial charge in [0.1, 0.15) is 0 Å². The summed E-state index contributed by atoms with van der Waals surface area (Å²) in [5.74, 6) is 0. The van der Waals surface area contributed by atoms with Crippen LogP contribution in [0.15, 0.2) is 36.5 Å². The molecule has 0 spiro atoms. The lowest BCUT2D eigenvalue weighted by Gasteiger charge is -2.28. The molecule has 0 bridgehead atoms. The summed E-state index contributed by atoms with van der Waals surface area (Å²) >= 11 is 0. The topological polar surface area (TPSA) is 28.2 Å². The zero-order chi connectivity index (χ0) is 13.8. The van der Waals surface area contributed by atoms with Gasteiger partial charge < -0.3 is 5.32 Å². The van der Waals surface area contributed by atoms with Crippen molar-refractivity contribution in [2.24, 2.45) is 0 Å². The second-order valence-electron chi connectivity index (χ2n) is 5.77. The minimum absolute atomic E-state index is 0.628. The molecule has 1 N–H and O–H groups in total. The van der Waals surface area contributed by atoms with E-state index in [9.17, 15) is 0 Å². The van der Waals surface area contributed by atoms with Crippen molar-refractivity contribution in [1.82, 2.24) is 15.2 Å². The van der Waals surface area contributed by atoms with Crippen molar-refractivity contribution in [1.29, 1.82) is 0 Å². The highest BCUT2D eigenvalue weighted by molar-refractivity contribution is 5.81. The van der Waals surface area contributed by atoms with E-state index in [0.29, 0.717) is 6.04 Å². The van der Waals surface area contributed by atoms with E-state index >= 15 is 0 Å². The number of hydrogen-bond acceptors (Lipinski definition) is 3. The number of nitrogens with zero attached hydrogens (tertiary/aromatic N) is 2. The third kappa shape index (κ3) is 3.17. The van der Waals surface area contributed by atoms with E-state index in [1.165, 1.54) is 30.3 Å².